The fraction of sp³-hybridized carbons (Fsp3) is 0.391. The molecular formula is C23H26N4O4S. The summed E-state index contributed by atoms with van der Waals surface area (Å²) in [5, 5.41) is 13.3. The lowest BCUT2D eigenvalue weighted by Crippen LogP contribution is -2.50. The highest BCUT2D eigenvalue weighted by Crippen LogP contribution is 2.29. The van der Waals surface area contributed by atoms with Gasteiger partial charge in [0, 0.05) is 38.8 Å². The Balaban J connectivity index is 1.37. The quantitative estimate of drug-likeness (QED) is 0.509. The van der Waals surface area contributed by atoms with E-state index < -0.39 is 10.0 Å². The standard InChI is InChI=1S/C23H26N4O4S/c28-22-20(23(29)27(16-18-9-10-18)21-8-4-5-11-26(21)22)17-24-12-14-25(15-13-24)32(30,31)19-6-2-1-3-7-19/h1-8,11,18H,9-10,12-17H2. The van der Waals surface area contributed by atoms with E-state index in [1.54, 1.807) is 51.6 Å². The van der Waals surface area contributed by atoms with Gasteiger partial charge < -0.3 is 5.11 Å². The summed E-state index contributed by atoms with van der Waals surface area (Å²) in [4.78, 5) is 15.4. The summed E-state index contributed by atoms with van der Waals surface area (Å²) in [6.07, 6.45) is 3.92. The number of pyridine rings is 1. The van der Waals surface area contributed by atoms with Crippen molar-refractivity contribution < 1.29 is 18.1 Å². The van der Waals surface area contributed by atoms with Crippen LogP contribution in [0.1, 0.15) is 18.4 Å². The van der Waals surface area contributed by atoms with E-state index in [4.69, 9.17) is 0 Å². The number of piperazine rings is 1. The van der Waals surface area contributed by atoms with Gasteiger partial charge in [0.2, 0.25) is 10.0 Å². The van der Waals surface area contributed by atoms with Crippen molar-refractivity contribution in [1.29, 1.82) is 0 Å². The van der Waals surface area contributed by atoms with Crippen LogP contribution >= 0.6 is 0 Å². The van der Waals surface area contributed by atoms with Crippen LogP contribution < -0.4 is 15.2 Å². The van der Waals surface area contributed by atoms with Crippen molar-refractivity contribution in [2.45, 2.75) is 30.8 Å². The number of fused-ring (bicyclic) bond motifs is 1. The van der Waals surface area contributed by atoms with Gasteiger partial charge in [-0.05, 0) is 37.0 Å². The van der Waals surface area contributed by atoms with Crippen molar-refractivity contribution in [1.82, 2.24) is 13.6 Å². The molecule has 168 valence electrons. The van der Waals surface area contributed by atoms with E-state index in [2.05, 4.69) is 0 Å². The second-order valence-electron chi connectivity index (χ2n) is 8.56. The Kier molecular flexibility index (Phi) is 5.48. The Morgan fingerprint density at radius 2 is 1.66 bits per heavy atom. The summed E-state index contributed by atoms with van der Waals surface area (Å²) >= 11 is 0. The molecule has 3 heterocycles. The van der Waals surface area contributed by atoms with Gasteiger partial charge in [-0.25, -0.2) is 17.8 Å². The van der Waals surface area contributed by atoms with Gasteiger partial charge in [0.05, 0.1) is 29.1 Å². The maximum atomic E-state index is 13.3. The first-order valence-corrected chi connectivity index (χ1v) is 12.4. The highest BCUT2D eigenvalue weighted by Gasteiger charge is 2.31. The average molecular weight is 455 g/mol. The van der Waals surface area contributed by atoms with Gasteiger partial charge in [-0.3, -0.25) is 4.90 Å². The molecule has 1 saturated carbocycles. The van der Waals surface area contributed by atoms with Crippen LogP contribution in [0, 0.1) is 5.92 Å². The molecule has 0 atom stereocenters. The molecule has 3 aromatic rings. The highest BCUT2D eigenvalue weighted by molar-refractivity contribution is 7.89. The summed E-state index contributed by atoms with van der Waals surface area (Å²) in [7, 11) is -3.54. The molecule has 0 N–H and O–H groups in total. The van der Waals surface area contributed by atoms with Gasteiger partial charge in [0.1, 0.15) is 0 Å². The first-order chi connectivity index (χ1) is 15.4. The van der Waals surface area contributed by atoms with Crippen molar-refractivity contribution in [3.8, 4) is 5.88 Å². The minimum atomic E-state index is -3.54. The number of hydrogen-bond acceptors (Lipinski definition) is 5. The predicted octanol–water partition coefficient (Wildman–Crippen LogP) is 0.577. The SMILES string of the molecule is O=c1c(CN2CCN(S(=O)(=O)c3ccccc3)CC2)c([O-])[n+](CC2CC2)c2ccccn12. The number of benzene rings is 1. The number of rotatable bonds is 6. The second-order valence-corrected chi connectivity index (χ2v) is 10.5. The lowest BCUT2D eigenvalue weighted by molar-refractivity contribution is -0.719. The normalized spacial score (nSPS) is 18.2. The molecule has 2 aliphatic rings. The first-order valence-electron chi connectivity index (χ1n) is 11.0. The van der Waals surface area contributed by atoms with Crippen LogP contribution in [0.25, 0.3) is 5.65 Å². The Bertz CT molecular complexity index is 1290. The Labute approximate surface area is 187 Å². The molecule has 8 nitrogen and oxygen atoms in total. The maximum Gasteiger partial charge on any atom is 0.346 e. The van der Waals surface area contributed by atoms with E-state index in [0.29, 0.717) is 44.3 Å². The van der Waals surface area contributed by atoms with E-state index in [9.17, 15) is 18.3 Å². The van der Waals surface area contributed by atoms with E-state index in [-0.39, 0.29) is 28.4 Å². The minimum Gasteiger partial charge on any atom is -0.842 e. The van der Waals surface area contributed by atoms with Crippen molar-refractivity contribution >= 4 is 15.7 Å². The van der Waals surface area contributed by atoms with Crippen molar-refractivity contribution in [2.24, 2.45) is 5.92 Å². The average Bonchev–Trinajstić information content (AvgIpc) is 3.65. The maximum absolute atomic E-state index is 13.3. The second kappa shape index (κ2) is 8.31. The number of aromatic nitrogens is 2. The summed E-state index contributed by atoms with van der Waals surface area (Å²) in [6.45, 7) is 2.42. The fourth-order valence-electron chi connectivity index (χ4n) is 4.29. The minimum absolute atomic E-state index is 0.222. The molecule has 0 unspecified atom stereocenters. The molecule has 1 aliphatic heterocycles. The molecule has 1 aromatic carbocycles. The van der Waals surface area contributed by atoms with E-state index in [0.717, 1.165) is 12.8 Å². The number of hydrogen-bond donors (Lipinski definition) is 0. The largest absolute Gasteiger partial charge is 0.842 e. The predicted molar refractivity (Wildman–Crippen MR) is 117 cm³/mol. The molecule has 5 rings (SSSR count). The topological polar surface area (TPSA) is 89.0 Å². The summed E-state index contributed by atoms with van der Waals surface area (Å²) < 4.78 is 30.5. The molecule has 0 radical (unpaired) electrons. The van der Waals surface area contributed by atoms with Gasteiger partial charge >= 0.3 is 5.56 Å². The molecule has 9 heteroatoms. The van der Waals surface area contributed by atoms with Crippen LogP contribution in [-0.4, -0.2) is 48.2 Å². The molecule has 0 amide bonds. The smallest absolute Gasteiger partial charge is 0.346 e. The molecule has 2 aromatic heterocycles. The third-order valence-corrected chi connectivity index (χ3v) is 8.24. The Morgan fingerprint density at radius 1 is 0.969 bits per heavy atom. The fourth-order valence-corrected chi connectivity index (χ4v) is 5.74. The lowest BCUT2D eigenvalue weighted by Gasteiger charge is -2.34. The first kappa shape index (κ1) is 21.1. The van der Waals surface area contributed by atoms with Crippen molar-refractivity contribution in [3.05, 3.63) is 70.6 Å². The van der Waals surface area contributed by atoms with Crippen molar-refractivity contribution in [2.75, 3.05) is 26.2 Å². The number of nitrogens with zero attached hydrogens (tertiary/aromatic N) is 4. The van der Waals surface area contributed by atoms with Gasteiger partial charge in [-0.1, -0.05) is 24.3 Å². The lowest BCUT2D eigenvalue weighted by atomic mass is 10.2. The van der Waals surface area contributed by atoms with Crippen LogP contribution in [0.5, 0.6) is 5.88 Å². The zero-order chi connectivity index (χ0) is 22.3. The van der Waals surface area contributed by atoms with Gasteiger partial charge in [0.25, 0.3) is 5.65 Å². The summed E-state index contributed by atoms with van der Waals surface area (Å²) in [5.41, 5.74) is 0.572. The Hall–Kier alpha value is -2.75. The van der Waals surface area contributed by atoms with Crippen LogP contribution in [-0.2, 0) is 23.1 Å². The van der Waals surface area contributed by atoms with Crippen LogP contribution in [0.15, 0.2) is 64.4 Å². The molecular weight excluding hydrogens is 428 g/mol. The molecule has 2 fully saturated rings. The van der Waals surface area contributed by atoms with Gasteiger partial charge in [-0.2, -0.15) is 8.71 Å². The van der Waals surface area contributed by atoms with E-state index in [1.807, 2.05) is 17.0 Å². The molecule has 32 heavy (non-hydrogen) atoms. The molecule has 0 spiro atoms. The van der Waals surface area contributed by atoms with Crippen LogP contribution in [0.3, 0.4) is 0 Å². The molecule has 1 saturated heterocycles. The summed E-state index contributed by atoms with van der Waals surface area (Å²) in [5.74, 6) is 0.265. The zero-order valence-electron chi connectivity index (χ0n) is 17.8. The van der Waals surface area contributed by atoms with Gasteiger partial charge in [-0.15, -0.1) is 0 Å². The zero-order valence-corrected chi connectivity index (χ0v) is 18.6. The van der Waals surface area contributed by atoms with E-state index >= 15 is 0 Å². The molecule has 0 bridgehead atoms. The third kappa shape index (κ3) is 3.92. The van der Waals surface area contributed by atoms with Crippen molar-refractivity contribution in [3.63, 3.8) is 0 Å². The monoisotopic (exact) mass is 454 g/mol. The molecule has 1 aliphatic carbocycles. The van der Waals surface area contributed by atoms with E-state index in [1.165, 1.54) is 4.31 Å². The van der Waals surface area contributed by atoms with Crippen LogP contribution in [0.2, 0.25) is 0 Å². The van der Waals surface area contributed by atoms with Crippen LogP contribution in [0.4, 0.5) is 0 Å². The van der Waals surface area contributed by atoms with Gasteiger partial charge in [0.15, 0.2) is 0 Å². The third-order valence-electron chi connectivity index (χ3n) is 6.33. The summed E-state index contributed by atoms with van der Waals surface area (Å²) in [6, 6.07) is 13.8. The number of sulfonamides is 1. The Morgan fingerprint density at radius 3 is 2.34 bits per heavy atom. The highest BCUT2D eigenvalue weighted by atomic mass is 32.2.